The minimum atomic E-state index is -0.0104. The lowest BCUT2D eigenvalue weighted by molar-refractivity contribution is 0.0583. The summed E-state index contributed by atoms with van der Waals surface area (Å²) in [5.41, 5.74) is 8.60. The van der Waals surface area contributed by atoms with Gasteiger partial charge in [-0.2, -0.15) is 5.10 Å². The SMILES string of the molecule is Cc1c(C(=O)N2CCCCC2C(C)N)cnn1-c1ccccc1.Cl. The Morgan fingerprint density at radius 1 is 1.29 bits per heavy atom. The highest BCUT2D eigenvalue weighted by Gasteiger charge is 2.31. The Labute approximate surface area is 149 Å². The molecule has 0 bridgehead atoms. The summed E-state index contributed by atoms with van der Waals surface area (Å²) >= 11 is 0. The Bertz CT molecular complexity index is 684. The summed E-state index contributed by atoms with van der Waals surface area (Å²) in [4.78, 5) is 14.9. The molecule has 1 aromatic carbocycles. The highest BCUT2D eigenvalue weighted by molar-refractivity contribution is 5.95. The molecule has 2 N–H and O–H groups in total. The van der Waals surface area contributed by atoms with Crippen LogP contribution in [-0.2, 0) is 0 Å². The smallest absolute Gasteiger partial charge is 0.257 e. The van der Waals surface area contributed by atoms with Crippen molar-refractivity contribution < 1.29 is 4.79 Å². The number of hydrogen-bond donors (Lipinski definition) is 1. The normalized spacial score (nSPS) is 18.8. The third-order valence-corrected chi connectivity index (χ3v) is 4.66. The summed E-state index contributed by atoms with van der Waals surface area (Å²) in [7, 11) is 0. The van der Waals surface area contributed by atoms with Crippen molar-refractivity contribution in [1.29, 1.82) is 0 Å². The van der Waals surface area contributed by atoms with Crippen LogP contribution in [0.5, 0.6) is 0 Å². The second-order valence-corrected chi connectivity index (χ2v) is 6.31. The van der Waals surface area contributed by atoms with Gasteiger partial charge in [-0.05, 0) is 45.2 Å². The van der Waals surface area contributed by atoms with Crippen LogP contribution in [0.3, 0.4) is 0 Å². The number of hydrogen-bond acceptors (Lipinski definition) is 3. The van der Waals surface area contributed by atoms with Gasteiger partial charge in [-0.3, -0.25) is 4.79 Å². The summed E-state index contributed by atoms with van der Waals surface area (Å²) in [6.07, 6.45) is 4.84. The Morgan fingerprint density at radius 3 is 2.67 bits per heavy atom. The molecule has 6 heteroatoms. The van der Waals surface area contributed by atoms with Crippen LogP contribution in [0, 0.1) is 6.92 Å². The van der Waals surface area contributed by atoms with Gasteiger partial charge in [0.2, 0.25) is 0 Å². The van der Waals surface area contributed by atoms with Crippen LogP contribution < -0.4 is 5.73 Å². The number of benzene rings is 1. The molecule has 0 aliphatic carbocycles. The van der Waals surface area contributed by atoms with Crippen LogP contribution in [0.2, 0.25) is 0 Å². The second kappa shape index (κ2) is 7.81. The molecule has 1 aromatic heterocycles. The molecule has 3 rings (SSSR count). The summed E-state index contributed by atoms with van der Waals surface area (Å²) in [6.45, 7) is 4.70. The molecule has 1 aliphatic heterocycles. The summed E-state index contributed by atoms with van der Waals surface area (Å²) < 4.78 is 1.82. The van der Waals surface area contributed by atoms with E-state index in [1.165, 1.54) is 0 Å². The molecule has 130 valence electrons. The molecular weight excluding hydrogens is 324 g/mol. The minimum absolute atomic E-state index is 0. The Hall–Kier alpha value is -1.85. The van der Waals surface area contributed by atoms with Crippen molar-refractivity contribution >= 4 is 18.3 Å². The first-order chi connectivity index (χ1) is 11.1. The second-order valence-electron chi connectivity index (χ2n) is 6.31. The number of rotatable bonds is 3. The number of amides is 1. The average Bonchev–Trinajstić information content (AvgIpc) is 2.96. The predicted molar refractivity (Wildman–Crippen MR) is 97.9 cm³/mol. The monoisotopic (exact) mass is 348 g/mol. The molecule has 1 saturated heterocycles. The Balaban J connectivity index is 0.00000208. The molecule has 0 saturated carbocycles. The van der Waals surface area contributed by atoms with Crippen molar-refractivity contribution in [1.82, 2.24) is 14.7 Å². The van der Waals surface area contributed by atoms with E-state index < -0.39 is 0 Å². The van der Waals surface area contributed by atoms with Gasteiger partial charge in [-0.25, -0.2) is 4.68 Å². The zero-order valence-corrected chi connectivity index (χ0v) is 15.0. The molecule has 1 fully saturated rings. The van der Waals surface area contributed by atoms with E-state index in [2.05, 4.69) is 5.10 Å². The first kappa shape index (κ1) is 18.5. The van der Waals surface area contributed by atoms with E-state index in [1.807, 2.05) is 53.8 Å². The quantitative estimate of drug-likeness (QED) is 0.927. The maximum atomic E-state index is 13.0. The van der Waals surface area contributed by atoms with Gasteiger partial charge in [-0.15, -0.1) is 12.4 Å². The third kappa shape index (κ3) is 3.47. The molecular formula is C18H25ClN4O. The number of carbonyl (C=O) groups is 1. The molecule has 2 aromatic rings. The number of carbonyl (C=O) groups excluding carboxylic acids is 1. The molecule has 2 unspecified atom stereocenters. The zero-order chi connectivity index (χ0) is 16.4. The first-order valence-electron chi connectivity index (χ1n) is 8.26. The zero-order valence-electron chi connectivity index (χ0n) is 14.2. The summed E-state index contributed by atoms with van der Waals surface area (Å²) in [5.74, 6) is 0.0479. The average molecular weight is 349 g/mol. The topological polar surface area (TPSA) is 64.2 Å². The van der Waals surface area contributed by atoms with Crippen molar-refractivity contribution in [3.63, 3.8) is 0 Å². The van der Waals surface area contributed by atoms with Crippen molar-refractivity contribution in [2.24, 2.45) is 5.73 Å². The van der Waals surface area contributed by atoms with Gasteiger partial charge in [-0.1, -0.05) is 18.2 Å². The summed E-state index contributed by atoms with van der Waals surface area (Å²) in [6, 6.07) is 9.98. The minimum Gasteiger partial charge on any atom is -0.334 e. The van der Waals surface area contributed by atoms with Crippen LogP contribution in [0.4, 0.5) is 0 Å². The fourth-order valence-corrected chi connectivity index (χ4v) is 3.36. The maximum Gasteiger partial charge on any atom is 0.257 e. The van der Waals surface area contributed by atoms with E-state index in [-0.39, 0.29) is 30.4 Å². The van der Waals surface area contributed by atoms with Gasteiger partial charge >= 0.3 is 0 Å². The largest absolute Gasteiger partial charge is 0.334 e. The van der Waals surface area contributed by atoms with Crippen molar-refractivity contribution in [2.45, 2.75) is 45.2 Å². The molecule has 0 spiro atoms. The lowest BCUT2D eigenvalue weighted by atomic mass is 9.96. The van der Waals surface area contributed by atoms with Crippen molar-refractivity contribution in [3.8, 4) is 5.69 Å². The number of piperidine rings is 1. The van der Waals surface area contributed by atoms with E-state index in [1.54, 1.807) is 6.20 Å². The number of nitrogens with two attached hydrogens (primary N) is 1. The first-order valence-corrected chi connectivity index (χ1v) is 8.26. The highest BCUT2D eigenvalue weighted by atomic mass is 35.5. The van der Waals surface area contributed by atoms with Gasteiger partial charge in [0.25, 0.3) is 5.91 Å². The van der Waals surface area contributed by atoms with E-state index in [4.69, 9.17) is 5.73 Å². The number of aromatic nitrogens is 2. The lowest BCUT2D eigenvalue weighted by Crippen LogP contribution is -2.51. The third-order valence-electron chi connectivity index (χ3n) is 4.66. The number of nitrogens with zero attached hydrogens (tertiary/aromatic N) is 3. The van der Waals surface area contributed by atoms with Crippen LogP contribution in [-0.4, -0.2) is 39.2 Å². The maximum absolute atomic E-state index is 13.0. The van der Waals surface area contributed by atoms with Crippen molar-refractivity contribution in [2.75, 3.05) is 6.54 Å². The van der Waals surface area contributed by atoms with E-state index in [9.17, 15) is 4.79 Å². The molecule has 24 heavy (non-hydrogen) atoms. The van der Waals surface area contributed by atoms with Gasteiger partial charge in [0.1, 0.15) is 0 Å². The molecule has 0 radical (unpaired) electrons. The number of halogens is 1. The van der Waals surface area contributed by atoms with Crippen LogP contribution >= 0.6 is 12.4 Å². The fourth-order valence-electron chi connectivity index (χ4n) is 3.36. The molecule has 2 atom stereocenters. The standard InChI is InChI=1S/C18H24N4O.ClH/c1-13(19)17-10-6-7-11-21(17)18(23)16-12-20-22(14(16)2)15-8-4-3-5-9-15;/h3-5,8-9,12-13,17H,6-7,10-11,19H2,1-2H3;1H. The number of likely N-dealkylation sites (tertiary alicyclic amines) is 1. The van der Waals surface area contributed by atoms with Gasteiger partial charge in [0.05, 0.1) is 23.1 Å². The lowest BCUT2D eigenvalue weighted by Gasteiger charge is -2.38. The summed E-state index contributed by atoms with van der Waals surface area (Å²) in [5, 5.41) is 4.41. The van der Waals surface area contributed by atoms with Crippen LogP contribution in [0.1, 0.15) is 42.2 Å². The predicted octanol–water partition coefficient (Wildman–Crippen LogP) is 2.94. The molecule has 1 amide bonds. The van der Waals surface area contributed by atoms with Gasteiger partial charge < -0.3 is 10.6 Å². The number of para-hydroxylation sites is 1. The van der Waals surface area contributed by atoms with Gasteiger partial charge in [0, 0.05) is 18.6 Å². The van der Waals surface area contributed by atoms with E-state index in [0.717, 1.165) is 37.2 Å². The molecule has 5 nitrogen and oxygen atoms in total. The molecule has 1 aliphatic rings. The van der Waals surface area contributed by atoms with E-state index >= 15 is 0 Å². The van der Waals surface area contributed by atoms with Gasteiger partial charge in [0.15, 0.2) is 0 Å². The Morgan fingerprint density at radius 2 is 2.00 bits per heavy atom. The Kier molecular flexibility index (Phi) is 6.02. The van der Waals surface area contributed by atoms with Crippen molar-refractivity contribution in [3.05, 3.63) is 47.8 Å². The van der Waals surface area contributed by atoms with Crippen LogP contribution in [0.25, 0.3) is 5.69 Å². The van der Waals surface area contributed by atoms with Crippen LogP contribution in [0.15, 0.2) is 36.5 Å². The highest BCUT2D eigenvalue weighted by Crippen LogP contribution is 2.23. The van der Waals surface area contributed by atoms with E-state index in [0.29, 0.717) is 5.56 Å². The molecule has 2 heterocycles. The fraction of sp³-hybridized carbons (Fsp3) is 0.444.